The molecular formula is C17H19FN2O. The van der Waals surface area contributed by atoms with Crippen LogP contribution in [0.15, 0.2) is 54.6 Å². The van der Waals surface area contributed by atoms with Gasteiger partial charge in [-0.05, 0) is 29.7 Å². The predicted octanol–water partition coefficient (Wildman–Crippen LogP) is 3.78. The molecule has 0 aromatic heterocycles. The number of rotatable bonds is 5. The molecule has 1 unspecified atom stereocenters. The summed E-state index contributed by atoms with van der Waals surface area (Å²) >= 11 is 0. The maximum atomic E-state index is 12.8. The zero-order valence-electron chi connectivity index (χ0n) is 12.0. The van der Waals surface area contributed by atoms with Gasteiger partial charge in [-0.1, -0.05) is 49.4 Å². The minimum Gasteiger partial charge on any atom is -0.334 e. The Morgan fingerprint density at radius 1 is 1.10 bits per heavy atom. The number of carbonyl (C=O) groups is 1. The van der Waals surface area contributed by atoms with Gasteiger partial charge < -0.3 is 10.6 Å². The lowest BCUT2D eigenvalue weighted by atomic mass is 10.1. The highest BCUT2D eigenvalue weighted by Gasteiger charge is 2.11. The first-order chi connectivity index (χ1) is 10.2. The monoisotopic (exact) mass is 286 g/mol. The molecule has 2 aromatic rings. The van der Waals surface area contributed by atoms with E-state index in [4.69, 9.17) is 0 Å². The van der Waals surface area contributed by atoms with Crippen LogP contribution in [-0.4, -0.2) is 6.03 Å². The molecule has 2 amide bonds. The van der Waals surface area contributed by atoms with Crippen molar-refractivity contribution in [3.63, 3.8) is 0 Å². The van der Waals surface area contributed by atoms with Crippen LogP contribution < -0.4 is 10.6 Å². The van der Waals surface area contributed by atoms with E-state index in [1.807, 2.05) is 37.3 Å². The lowest BCUT2D eigenvalue weighted by Crippen LogP contribution is -2.37. The van der Waals surface area contributed by atoms with Gasteiger partial charge in [0.05, 0.1) is 6.04 Å². The van der Waals surface area contributed by atoms with Gasteiger partial charge in [-0.25, -0.2) is 9.18 Å². The van der Waals surface area contributed by atoms with Crippen LogP contribution in [0, 0.1) is 5.82 Å². The number of benzene rings is 2. The van der Waals surface area contributed by atoms with Crippen LogP contribution >= 0.6 is 0 Å². The van der Waals surface area contributed by atoms with Gasteiger partial charge in [0.25, 0.3) is 0 Å². The summed E-state index contributed by atoms with van der Waals surface area (Å²) in [5.74, 6) is -0.279. The normalized spacial score (nSPS) is 11.7. The summed E-state index contributed by atoms with van der Waals surface area (Å²) in [6.07, 6.45) is 0.813. The SMILES string of the molecule is CCC(NC(=O)NCc1ccc(F)cc1)c1ccccc1. The van der Waals surface area contributed by atoms with Crippen molar-refractivity contribution in [1.82, 2.24) is 10.6 Å². The Morgan fingerprint density at radius 3 is 2.38 bits per heavy atom. The second kappa shape index (κ2) is 7.43. The molecule has 0 aliphatic heterocycles. The Bertz CT molecular complexity index is 569. The van der Waals surface area contributed by atoms with Crippen LogP contribution in [0.2, 0.25) is 0 Å². The van der Waals surface area contributed by atoms with E-state index in [9.17, 15) is 9.18 Å². The van der Waals surface area contributed by atoms with Crippen molar-refractivity contribution in [2.45, 2.75) is 25.9 Å². The van der Waals surface area contributed by atoms with E-state index in [0.717, 1.165) is 17.5 Å². The van der Waals surface area contributed by atoms with Gasteiger partial charge in [-0.3, -0.25) is 0 Å². The van der Waals surface area contributed by atoms with Gasteiger partial charge in [-0.15, -0.1) is 0 Å². The fourth-order valence-corrected chi connectivity index (χ4v) is 2.10. The van der Waals surface area contributed by atoms with Crippen molar-refractivity contribution in [1.29, 1.82) is 0 Å². The van der Waals surface area contributed by atoms with Crippen LogP contribution in [0.3, 0.4) is 0 Å². The third-order valence-electron chi connectivity index (χ3n) is 3.28. The van der Waals surface area contributed by atoms with Gasteiger partial charge in [0.1, 0.15) is 5.82 Å². The molecule has 3 nitrogen and oxygen atoms in total. The van der Waals surface area contributed by atoms with Crippen molar-refractivity contribution >= 4 is 6.03 Å². The third-order valence-corrected chi connectivity index (χ3v) is 3.28. The van der Waals surface area contributed by atoms with Crippen LogP contribution in [0.5, 0.6) is 0 Å². The van der Waals surface area contributed by atoms with Gasteiger partial charge >= 0.3 is 6.03 Å². The smallest absolute Gasteiger partial charge is 0.315 e. The minimum absolute atomic E-state index is 0.0144. The number of amides is 2. The second-order valence-corrected chi connectivity index (χ2v) is 4.82. The average Bonchev–Trinajstić information content (AvgIpc) is 2.53. The van der Waals surface area contributed by atoms with Crippen molar-refractivity contribution < 1.29 is 9.18 Å². The van der Waals surface area contributed by atoms with E-state index in [2.05, 4.69) is 10.6 Å². The summed E-state index contributed by atoms with van der Waals surface area (Å²) in [5.41, 5.74) is 1.94. The van der Waals surface area contributed by atoms with E-state index in [0.29, 0.717) is 6.54 Å². The molecule has 0 saturated heterocycles. The Balaban J connectivity index is 1.87. The molecule has 1 atom stereocenters. The van der Waals surface area contributed by atoms with Crippen molar-refractivity contribution in [3.05, 3.63) is 71.5 Å². The minimum atomic E-state index is -0.279. The summed E-state index contributed by atoms with van der Waals surface area (Å²) in [5, 5.41) is 5.72. The van der Waals surface area contributed by atoms with E-state index >= 15 is 0 Å². The number of hydrogen-bond donors (Lipinski definition) is 2. The highest BCUT2D eigenvalue weighted by Crippen LogP contribution is 2.15. The largest absolute Gasteiger partial charge is 0.334 e. The molecule has 0 heterocycles. The first-order valence-electron chi connectivity index (χ1n) is 7.02. The maximum absolute atomic E-state index is 12.8. The van der Waals surface area contributed by atoms with Gasteiger partial charge in [0.2, 0.25) is 0 Å². The second-order valence-electron chi connectivity index (χ2n) is 4.82. The quantitative estimate of drug-likeness (QED) is 0.863. The highest BCUT2D eigenvalue weighted by atomic mass is 19.1. The van der Waals surface area contributed by atoms with Crippen molar-refractivity contribution in [2.24, 2.45) is 0 Å². The first-order valence-corrected chi connectivity index (χ1v) is 7.02. The Hall–Kier alpha value is -2.36. The number of carbonyl (C=O) groups excluding carboxylic acids is 1. The fourth-order valence-electron chi connectivity index (χ4n) is 2.10. The summed E-state index contributed by atoms with van der Waals surface area (Å²) in [6.45, 7) is 2.40. The number of urea groups is 1. The molecule has 0 aliphatic carbocycles. The van der Waals surface area contributed by atoms with Crippen LogP contribution in [0.25, 0.3) is 0 Å². The van der Waals surface area contributed by atoms with E-state index in [1.165, 1.54) is 12.1 Å². The number of nitrogens with one attached hydrogen (secondary N) is 2. The number of halogens is 1. The third kappa shape index (κ3) is 4.60. The van der Waals surface area contributed by atoms with Gasteiger partial charge in [0, 0.05) is 6.54 Å². The van der Waals surface area contributed by atoms with Crippen LogP contribution in [0.1, 0.15) is 30.5 Å². The molecule has 2 rings (SSSR count). The van der Waals surface area contributed by atoms with Crippen LogP contribution in [-0.2, 0) is 6.54 Å². The average molecular weight is 286 g/mol. The topological polar surface area (TPSA) is 41.1 Å². The lowest BCUT2D eigenvalue weighted by Gasteiger charge is -2.18. The van der Waals surface area contributed by atoms with E-state index in [1.54, 1.807) is 12.1 Å². The zero-order valence-corrected chi connectivity index (χ0v) is 12.0. The molecule has 0 spiro atoms. The molecule has 0 saturated carbocycles. The standard InChI is InChI=1S/C17H19FN2O/c1-2-16(14-6-4-3-5-7-14)20-17(21)19-12-13-8-10-15(18)11-9-13/h3-11,16H,2,12H2,1H3,(H2,19,20,21). The summed E-state index contributed by atoms with van der Waals surface area (Å²) < 4.78 is 12.8. The molecular weight excluding hydrogens is 267 g/mol. The molecule has 4 heteroatoms. The Kier molecular flexibility index (Phi) is 5.32. The fraction of sp³-hybridized carbons (Fsp3) is 0.235. The van der Waals surface area contributed by atoms with Crippen molar-refractivity contribution in [3.8, 4) is 0 Å². The van der Waals surface area contributed by atoms with Gasteiger partial charge in [0.15, 0.2) is 0 Å². The van der Waals surface area contributed by atoms with E-state index in [-0.39, 0.29) is 17.9 Å². The molecule has 110 valence electrons. The summed E-state index contributed by atoms with van der Waals surface area (Å²) in [6, 6.07) is 15.7. The summed E-state index contributed by atoms with van der Waals surface area (Å²) in [7, 11) is 0. The summed E-state index contributed by atoms with van der Waals surface area (Å²) in [4.78, 5) is 11.9. The van der Waals surface area contributed by atoms with Gasteiger partial charge in [-0.2, -0.15) is 0 Å². The van der Waals surface area contributed by atoms with Crippen LogP contribution in [0.4, 0.5) is 9.18 Å². The molecule has 0 aliphatic rings. The number of hydrogen-bond acceptors (Lipinski definition) is 1. The first kappa shape index (κ1) is 15.0. The molecule has 2 N–H and O–H groups in total. The predicted molar refractivity (Wildman–Crippen MR) is 81.2 cm³/mol. The Labute approximate surface area is 124 Å². The molecule has 21 heavy (non-hydrogen) atoms. The van der Waals surface area contributed by atoms with E-state index < -0.39 is 0 Å². The molecule has 0 bridgehead atoms. The maximum Gasteiger partial charge on any atom is 0.315 e. The highest BCUT2D eigenvalue weighted by molar-refractivity contribution is 5.74. The molecule has 2 aromatic carbocycles. The molecule has 0 fully saturated rings. The Morgan fingerprint density at radius 2 is 1.76 bits per heavy atom. The van der Waals surface area contributed by atoms with Crippen molar-refractivity contribution in [2.75, 3.05) is 0 Å². The zero-order chi connectivity index (χ0) is 15.1. The lowest BCUT2D eigenvalue weighted by molar-refractivity contribution is 0.236. The molecule has 0 radical (unpaired) electrons.